The summed E-state index contributed by atoms with van der Waals surface area (Å²) in [5.41, 5.74) is 8.33. The van der Waals surface area contributed by atoms with Crippen LogP contribution >= 0.6 is 0 Å². The van der Waals surface area contributed by atoms with Gasteiger partial charge in [-0.25, -0.2) is 0 Å². The van der Waals surface area contributed by atoms with Crippen molar-refractivity contribution in [3.8, 4) is 0 Å². The van der Waals surface area contributed by atoms with Gasteiger partial charge in [0.05, 0.1) is 5.52 Å². The van der Waals surface area contributed by atoms with Gasteiger partial charge in [-0.05, 0) is 30.4 Å². The molecular formula is C14H16N2O. The molecule has 1 fully saturated rings. The van der Waals surface area contributed by atoms with Gasteiger partial charge >= 0.3 is 0 Å². The number of hydrogen-bond donors (Lipinski definition) is 1. The van der Waals surface area contributed by atoms with Crippen molar-refractivity contribution in [1.29, 1.82) is 0 Å². The fourth-order valence-corrected chi connectivity index (χ4v) is 2.44. The highest BCUT2D eigenvalue weighted by molar-refractivity contribution is 5.93. The molecule has 17 heavy (non-hydrogen) atoms. The molecule has 0 unspecified atom stereocenters. The first-order chi connectivity index (χ1) is 8.18. The standard InChI is InChI=1S/C14H16N2O/c1-9(17)16-8-12(14(15)10-6-7-10)11-4-2-3-5-13(11)16/h2-5,8,10,14H,6-7,15H2,1H3/t14-/m0/s1. The van der Waals surface area contributed by atoms with E-state index in [-0.39, 0.29) is 11.9 Å². The van der Waals surface area contributed by atoms with Crippen LogP contribution in [-0.4, -0.2) is 10.5 Å². The monoisotopic (exact) mass is 228 g/mol. The van der Waals surface area contributed by atoms with Gasteiger partial charge in [0.15, 0.2) is 0 Å². The van der Waals surface area contributed by atoms with E-state index in [0.717, 1.165) is 16.5 Å². The van der Waals surface area contributed by atoms with Gasteiger partial charge in [-0.15, -0.1) is 0 Å². The van der Waals surface area contributed by atoms with Crippen molar-refractivity contribution >= 4 is 16.8 Å². The molecule has 0 spiro atoms. The topological polar surface area (TPSA) is 48.0 Å². The molecule has 0 saturated heterocycles. The number of rotatable bonds is 2. The van der Waals surface area contributed by atoms with Crippen molar-refractivity contribution < 1.29 is 4.79 Å². The number of carbonyl (C=O) groups excluding carboxylic acids is 1. The largest absolute Gasteiger partial charge is 0.324 e. The van der Waals surface area contributed by atoms with Crippen molar-refractivity contribution in [2.24, 2.45) is 11.7 Å². The predicted molar refractivity (Wildman–Crippen MR) is 67.9 cm³/mol. The van der Waals surface area contributed by atoms with Crippen molar-refractivity contribution in [2.45, 2.75) is 25.8 Å². The molecule has 88 valence electrons. The van der Waals surface area contributed by atoms with Crippen LogP contribution in [-0.2, 0) is 0 Å². The van der Waals surface area contributed by atoms with Crippen LogP contribution in [0.25, 0.3) is 10.9 Å². The van der Waals surface area contributed by atoms with E-state index >= 15 is 0 Å². The third-order valence-electron chi connectivity index (χ3n) is 3.57. The zero-order valence-corrected chi connectivity index (χ0v) is 9.89. The second kappa shape index (κ2) is 3.70. The molecule has 2 aromatic rings. The summed E-state index contributed by atoms with van der Waals surface area (Å²) in [5.74, 6) is 0.636. The zero-order valence-electron chi connectivity index (χ0n) is 9.89. The van der Waals surface area contributed by atoms with Crippen LogP contribution in [0.2, 0.25) is 0 Å². The van der Waals surface area contributed by atoms with Crippen molar-refractivity contribution in [1.82, 2.24) is 4.57 Å². The van der Waals surface area contributed by atoms with E-state index in [1.54, 1.807) is 11.5 Å². The SMILES string of the molecule is CC(=O)n1cc([C@@H](N)C2CC2)c2ccccc21. The fourth-order valence-electron chi connectivity index (χ4n) is 2.44. The zero-order chi connectivity index (χ0) is 12.0. The Balaban J connectivity index is 2.20. The minimum atomic E-state index is 0.0375. The lowest BCUT2D eigenvalue weighted by Gasteiger charge is -2.08. The molecule has 2 N–H and O–H groups in total. The molecule has 3 heteroatoms. The van der Waals surface area contributed by atoms with E-state index in [0.29, 0.717) is 5.92 Å². The molecule has 1 aromatic carbocycles. The maximum Gasteiger partial charge on any atom is 0.227 e. The van der Waals surface area contributed by atoms with Gasteiger partial charge in [-0.1, -0.05) is 18.2 Å². The highest BCUT2D eigenvalue weighted by Gasteiger charge is 2.31. The first kappa shape index (κ1) is 10.5. The number of fused-ring (bicyclic) bond motifs is 1. The van der Waals surface area contributed by atoms with Crippen LogP contribution in [0.5, 0.6) is 0 Å². The molecule has 0 amide bonds. The fraction of sp³-hybridized carbons (Fsp3) is 0.357. The molecule has 1 aliphatic rings. The summed E-state index contributed by atoms with van der Waals surface area (Å²) >= 11 is 0. The third-order valence-corrected chi connectivity index (χ3v) is 3.57. The summed E-state index contributed by atoms with van der Waals surface area (Å²) in [4.78, 5) is 11.6. The first-order valence-corrected chi connectivity index (χ1v) is 6.05. The van der Waals surface area contributed by atoms with Crippen molar-refractivity contribution in [3.63, 3.8) is 0 Å². The maximum atomic E-state index is 11.6. The third kappa shape index (κ3) is 1.67. The smallest absolute Gasteiger partial charge is 0.227 e. The Bertz CT molecular complexity index is 581. The van der Waals surface area contributed by atoms with Gasteiger partial charge in [0.25, 0.3) is 0 Å². The number of nitrogens with two attached hydrogens (primary N) is 1. The Morgan fingerprint density at radius 2 is 2.12 bits per heavy atom. The number of aromatic nitrogens is 1. The quantitative estimate of drug-likeness (QED) is 0.859. The molecule has 1 aliphatic carbocycles. The Morgan fingerprint density at radius 1 is 1.41 bits per heavy atom. The minimum absolute atomic E-state index is 0.0375. The van der Waals surface area contributed by atoms with Gasteiger partial charge in [0, 0.05) is 24.5 Å². The lowest BCUT2D eigenvalue weighted by Crippen LogP contribution is -2.12. The van der Waals surface area contributed by atoms with Gasteiger partial charge < -0.3 is 5.73 Å². The normalized spacial score (nSPS) is 17.3. The second-order valence-electron chi connectivity index (χ2n) is 4.85. The van der Waals surface area contributed by atoms with E-state index < -0.39 is 0 Å². The van der Waals surface area contributed by atoms with E-state index in [9.17, 15) is 4.79 Å². The van der Waals surface area contributed by atoms with Crippen LogP contribution < -0.4 is 5.73 Å². The summed E-state index contributed by atoms with van der Waals surface area (Å²) in [6.07, 6.45) is 4.33. The lowest BCUT2D eigenvalue weighted by molar-refractivity contribution is 0.0941. The number of carbonyl (C=O) groups is 1. The van der Waals surface area contributed by atoms with E-state index in [1.807, 2.05) is 30.5 Å². The Kier molecular flexibility index (Phi) is 2.30. The molecule has 1 saturated carbocycles. The number of benzene rings is 1. The van der Waals surface area contributed by atoms with Crippen LogP contribution in [0.3, 0.4) is 0 Å². The van der Waals surface area contributed by atoms with Crippen LogP contribution in [0.15, 0.2) is 30.5 Å². The number of para-hydroxylation sites is 1. The van der Waals surface area contributed by atoms with Gasteiger partial charge in [-0.3, -0.25) is 9.36 Å². The summed E-state index contributed by atoms with van der Waals surface area (Å²) in [5, 5.41) is 1.11. The lowest BCUT2D eigenvalue weighted by atomic mass is 10.0. The molecule has 0 aliphatic heterocycles. The summed E-state index contributed by atoms with van der Waals surface area (Å²) < 4.78 is 1.70. The molecule has 0 bridgehead atoms. The molecule has 0 radical (unpaired) electrons. The minimum Gasteiger partial charge on any atom is -0.324 e. The molecule has 1 aromatic heterocycles. The van der Waals surface area contributed by atoms with Crippen LogP contribution in [0, 0.1) is 5.92 Å². The van der Waals surface area contributed by atoms with E-state index in [2.05, 4.69) is 0 Å². The van der Waals surface area contributed by atoms with Gasteiger partial charge in [-0.2, -0.15) is 0 Å². The molecular weight excluding hydrogens is 212 g/mol. The number of nitrogens with zero attached hydrogens (tertiary/aromatic N) is 1. The van der Waals surface area contributed by atoms with Crippen molar-refractivity contribution in [2.75, 3.05) is 0 Å². The summed E-state index contributed by atoms with van der Waals surface area (Å²) in [7, 11) is 0. The highest BCUT2D eigenvalue weighted by Crippen LogP contribution is 2.41. The molecule has 1 heterocycles. The van der Waals surface area contributed by atoms with E-state index in [1.165, 1.54) is 12.8 Å². The molecule has 1 atom stereocenters. The second-order valence-corrected chi connectivity index (χ2v) is 4.85. The average molecular weight is 228 g/mol. The predicted octanol–water partition coefficient (Wildman–Crippen LogP) is 2.71. The van der Waals surface area contributed by atoms with Crippen LogP contribution in [0.4, 0.5) is 0 Å². The Labute approximate surface area is 100 Å². The molecule has 3 rings (SSSR count). The Hall–Kier alpha value is -1.61. The van der Waals surface area contributed by atoms with Gasteiger partial charge in [0.2, 0.25) is 5.91 Å². The highest BCUT2D eigenvalue weighted by atomic mass is 16.1. The maximum absolute atomic E-state index is 11.6. The summed E-state index contributed by atoms with van der Waals surface area (Å²) in [6, 6.07) is 8.04. The summed E-state index contributed by atoms with van der Waals surface area (Å²) in [6.45, 7) is 1.58. The Morgan fingerprint density at radius 3 is 2.76 bits per heavy atom. The molecule has 3 nitrogen and oxygen atoms in total. The first-order valence-electron chi connectivity index (χ1n) is 6.05. The van der Waals surface area contributed by atoms with Gasteiger partial charge in [0.1, 0.15) is 0 Å². The van der Waals surface area contributed by atoms with E-state index in [4.69, 9.17) is 5.73 Å². The average Bonchev–Trinajstić information content (AvgIpc) is 3.08. The van der Waals surface area contributed by atoms with Crippen molar-refractivity contribution in [3.05, 3.63) is 36.0 Å². The van der Waals surface area contributed by atoms with Crippen LogP contribution in [0.1, 0.15) is 36.2 Å². The number of hydrogen-bond acceptors (Lipinski definition) is 2.